The number of nitrogens with zero attached hydrogens (tertiary/aromatic N) is 6. The molecule has 0 spiro atoms. The first kappa shape index (κ1) is 35.0. The average molecular weight is 809 g/mol. The number of hydrogen-bond acceptors (Lipinski definition) is 7. The number of para-hydroxylation sites is 3. The summed E-state index contributed by atoms with van der Waals surface area (Å²) in [7, 11) is 0. The molecule has 0 amide bonds. The van der Waals surface area contributed by atoms with Crippen LogP contribution in [-0.4, -0.2) is 29.5 Å². The van der Waals surface area contributed by atoms with E-state index < -0.39 is 0 Å². The van der Waals surface area contributed by atoms with E-state index in [1.165, 1.54) is 0 Å². The molecule has 5 aromatic heterocycles. The Morgan fingerprint density at radius 3 is 1.54 bits per heavy atom. The van der Waals surface area contributed by atoms with Gasteiger partial charge in [-0.05, 0) is 54.1 Å². The highest BCUT2D eigenvalue weighted by atomic mass is 16.3. The van der Waals surface area contributed by atoms with Crippen LogP contribution in [0.3, 0.4) is 0 Å². The van der Waals surface area contributed by atoms with Crippen molar-refractivity contribution in [3.8, 4) is 62.5 Å². The molecule has 8 aromatic carbocycles. The number of furan rings is 2. The van der Waals surface area contributed by atoms with E-state index in [2.05, 4.69) is 89.5 Å². The molecule has 0 unspecified atom stereocenters. The minimum absolute atomic E-state index is 0.511. The van der Waals surface area contributed by atoms with Crippen molar-refractivity contribution in [1.29, 1.82) is 0 Å². The van der Waals surface area contributed by atoms with Crippen LogP contribution in [0, 0.1) is 0 Å². The maximum Gasteiger partial charge on any atom is 0.238 e. The summed E-state index contributed by atoms with van der Waals surface area (Å²) in [6.07, 6.45) is 0. The van der Waals surface area contributed by atoms with Crippen LogP contribution < -0.4 is 0 Å². The maximum absolute atomic E-state index is 6.55. The summed E-state index contributed by atoms with van der Waals surface area (Å²) in [5.41, 5.74) is 12.1. The smallest absolute Gasteiger partial charge is 0.238 e. The summed E-state index contributed by atoms with van der Waals surface area (Å²) in [4.78, 5) is 25.9. The number of fused-ring (bicyclic) bond motifs is 9. The van der Waals surface area contributed by atoms with Gasteiger partial charge < -0.3 is 8.83 Å². The van der Waals surface area contributed by atoms with Crippen LogP contribution in [0.2, 0.25) is 0 Å². The third-order valence-electron chi connectivity index (χ3n) is 11.9. The predicted octanol–water partition coefficient (Wildman–Crippen LogP) is 13.9. The molecular formula is C55H32N6O2. The second kappa shape index (κ2) is 13.9. The Balaban J connectivity index is 1.09. The van der Waals surface area contributed by atoms with E-state index in [4.69, 9.17) is 33.8 Å². The molecule has 0 saturated carbocycles. The molecule has 5 heterocycles. The van der Waals surface area contributed by atoms with E-state index in [0.717, 1.165) is 99.3 Å². The Bertz CT molecular complexity index is 3850. The largest absolute Gasteiger partial charge is 0.455 e. The number of aromatic nitrogens is 6. The molecule has 294 valence electrons. The van der Waals surface area contributed by atoms with Crippen molar-refractivity contribution in [2.45, 2.75) is 0 Å². The van der Waals surface area contributed by atoms with Crippen LogP contribution in [-0.2, 0) is 0 Å². The Labute approximate surface area is 359 Å². The molecule has 0 bridgehead atoms. The lowest BCUT2D eigenvalue weighted by Crippen LogP contribution is -2.06. The molecule has 0 fully saturated rings. The van der Waals surface area contributed by atoms with Crippen LogP contribution in [0.1, 0.15) is 0 Å². The minimum atomic E-state index is 0.511. The predicted molar refractivity (Wildman–Crippen MR) is 251 cm³/mol. The van der Waals surface area contributed by atoms with Crippen molar-refractivity contribution in [2.24, 2.45) is 0 Å². The van der Waals surface area contributed by atoms with Crippen molar-refractivity contribution in [3.63, 3.8) is 0 Å². The second-order valence-electron chi connectivity index (χ2n) is 15.6. The molecule has 0 aliphatic heterocycles. The van der Waals surface area contributed by atoms with Gasteiger partial charge in [0, 0.05) is 54.7 Å². The molecule has 13 aromatic rings. The molecule has 0 atom stereocenters. The minimum Gasteiger partial charge on any atom is -0.455 e. The van der Waals surface area contributed by atoms with Crippen molar-refractivity contribution >= 4 is 65.8 Å². The van der Waals surface area contributed by atoms with Crippen molar-refractivity contribution in [3.05, 3.63) is 194 Å². The summed E-state index contributed by atoms with van der Waals surface area (Å²) in [6.45, 7) is 0. The molecule has 0 radical (unpaired) electrons. The SMILES string of the molecule is c1ccc(-c2nc(-c3ccccc3)nc(-n3c4ccc(-c5nc(-c6ccccc6)c6oc7ccccc7c6n5)cc4c4cc(-c5cccc6c5oc5ccccc56)ccc43)n2)cc1. The highest BCUT2D eigenvalue weighted by Gasteiger charge is 2.22. The summed E-state index contributed by atoms with van der Waals surface area (Å²) in [6, 6.07) is 65.8. The fourth-order valence-electron chi connectivity index (χ4n) is 8.93. The van der Waals surface area contributed by atoms with Gasteiger partial charge in [0.05, 0.1) is 11.0 Å². The van der Waals surface area contributed by atoms with E-state index in [1.54, 1.807) is 0 Å². The van der Waals surface area contributed by atoms with Crippen LogP contribution in [0.25, 0.3) is 128 Å². The number of hydrogen-bond donors (Lipinski definition) is 0. The summed E-state index contributed by atoms with van der Waals surface area (Å²) < 4.78 is 15.1. The fourth-order valence-corrected chi connectivity index (χ4v) is 8.93. The fraction of sp³-hybridized carbons (Fsp3) is 0. The van der Waals surface area contributed by atoms with Crippen LogP contribution in [0.15, 0.2) is 203 Å². The van der Waals surface area contributed by atoms with E-state index in [1.807, 2.05) is 109 Å². The Morgan fingerprint density at radius 1 is 0.333 bits per heavy atom. The quantitative estimate of drug-likeness (QED) is 0.165. The molecule has 0 aliphatic carbocycles. The summed E-state index contributed by atoms with van der Waals surface area (Å²) in [5, 5.41) is 5.11. The van der Waals surface area contributed by atoms with Gasteiger partial charge >= 0.3 is 0 Å². The molecule has 0 saturated heterocycles. The van der Waals surface area contributed by atoms with Crippen LogP contribution >= 0.6 is 0 Å². The van der Waals surface area contributed by atoms with Gasteiger partial charge in [-0.3, -0.25) is 4.57 Å². The maximum atomic E-state index is 6.55. The zero-order chi connectivity index (χ0) is 41.4. The van der Waals surface area contributed by atoms with E-state index >= 15 is 0 Å². The van der Waals surface area contributed by atoms with Crippen LogP contribution in [0.5, 0.6) is 0 Å². The standard InChI is InChI=1S/C55H32N6O2/c1-4-15-33(16-5-1)48-51-49(41-22-11-13-26-47(41)63-51)57-54(56-48)37-28-30-45-43(32-37)42-31-36(38-23-14-24-40-39-21-10-12-25-46(39)62-50(38)40)27-29-44(42)61(45)55-59-52(34-17-6-2-7-18-34)58-53(60-55)35-19-8-3-9-20-35/h1-32H. The molecular weight excluding hydrogens is 777 g/mol. The first-order valence-electron chi connectivity index (χ1n) is 20.8. The summed E-state index contributed by atoms with van der Waals surface area (Å²) in [5.74, 6) is 2.27. The van der Waals surface area contributed by atoms with E-state index in [0.29, 0.717) is 29.0 Å². The monoisotopic (exact) mass is 808 g/mol. The topological polar surface area (TPSA) is 95.7 Å². The lowest BCUT2D eigenvalue weighted by molar-refractivity contribution is 0.667. The van der Waals surface area contributed by atoms with Crippen molar-refractivity contribution in [1.82, 2.24) is 29.5 Å². The molecule has 13 rings (SSSR count). The van der Waals surface area contributed by atoms with Crippen molar-refractivity contribution in [2.75, 3.05) is 0 Å². The molecule has 0 N–H and O–H groups in total. The average Bonchev–Trinajstić information content (AvgIpc) is 4.04. The number of benzene rings is 8. The third kappa shape index (κ3) is 5.66. The molecule has 0 aliphatic rings. The molecule has 8 nitrogen and oxygen atoms in total. The van der Waals surface area contributed by atoms with Crippen LogP contribution in [0.4, 0.5) is 0 Å². The zero-order valence-corrected chi connectivity index (χ0v) is 33.5. The van der Waals surface area contributed by atoms with Crippen molar-refractivity contribution < 1.29 is 8.83 Å². The van der Waals surface area contributed by atoms with Gasteiger partial charge in [0.2, 0.25) is 5.95 Å². The molecule has 8 heteroatoms. The highest BCUT2D eigenvalue weighted by Crippen LogP contribution is 2.41. The zero-order valence-electron chi connectivity index (χ0n) is 33.5. The Morgan fingerprint density at radius 2 is 0.857 bits per heavy atom. The second-order valence-corrected chi connectivity index (χ2v) is 15.6. The van der Waals surface area contributed by atoms with Gasteiger partial charge in [-0.15, -0.1) is 0 Å². The lowest BCUT2D eigenvalue weighted by Gasteiger charge is -2.11. The van der Waals surface area contributed by atoms with Gasteiger partial charge in [-0.2, -0.15) is 9.97 Å². The van der Waals surface area contributed by atoms with E-state index in [9.17, 15) is 0 Å². The summed E-state index contributed by atoms with van der Waals surface area (Å²) >= 11 is 0. The normalized spacial score (nSPS) is 11.8. The van der Waals surface area contributed by atoms with Gasteiger partial charge in [0.15, 0.2) is 23.1 Å². The van der Waals surface area contributed by atoms with Gasteiger partial charge in [0.1, 0.15) is 28.0 Å². The number of rotatable bonds is 6. The third-order valence-corrected chi connectivity index (χ3v) is 11.9. The van der Waals surface area contributed by atoms with Gasteiger partial charge in [0.25, 0.3) is 0 Å². The Kier molecular flexibility index (Phi) is 7.74. The Hall–Kier alpha value is -8.75. The highest BCUT2D eigenvalue weighted by molar-refractivity contribution is 6.14. The molecule has 63 heavy (non-hydrogen) atoms. The van der Waals surface area contributed by atoms with Gasteiger partial charge in [-0.25, -0.2) is 15.0 Å². The lowest BCUT2D eigenvalue weighted by atomic mass is 10.00. The first-order valence-corrected chi connectivity index (χ1v) is 20.8. The van der Waals surface area contributed by atoms with Gasteiger partial charge in [-0.1, -0.05) is 146 Å². The first-order chi connectivity index (χ1) is 31.2. The van der Waals surface area contributed by atoms with E-state index in [-0.39, 0.29) is 0 Å².